The van der Waals surface area contributed by atoms with Crippen molar-refractivity contribution >= 4 is 52.0 Å². The molecule has 3 aliphatic heterocycles. The first-order valence-electron chi connectivity index (χ1n) is 13.1. The summed E-state index contributed by atoms with van der Waals surface area (Å²) in [6, 6.07) is -0.561. The SMILES string of the molecule is C=CCOC(=O)C1=C(S[C@H]2C[C@@H](/C=C/c3csc4cncn34)N(C(=O)OCC=C)C2)[C@H](C)[C@@H]2[C@@H]([C@@H](C)O)C(=O)N12. The fourth-order valence-electron chi connectivity index (χ4n) is 5.64. The van der Waals surface area contributed by atoms with Crippen LogP contribution < -0.4 is 0 Å². The summed E-state index contributed by atoms with van der Waals surface area (Å²) in [6.45, 7) is 11.3. The molecule has 5 rings (SSSR count). The van der Waals surface area contributed by atoms with E-state index in [0.29, 0.717) is 13.0 Å². The zero-order chi connectivity index (χ0) is 28.6. The highest BCUT2D eigenvalue weighted by atomic mass is 32.2. The lowest BCUT2D eigenvalue weighted by Gasteiger charge is -2.46. The van der Waals surface area contributed by atoms with Gasteiger partial charge in [-0.3, -0.25) is 9.20 Å². The maximum Gasteiger partial charge on any atom is 0.410 e. The molecule has 40 heavy (non-hydrogen) atoms. The van der Waals surface area contributed by atoms with Gasteiger partial charge in [-0.15, -0.1) is 23.1 Å². The Morgan fingerprint density at radius 2 is 2.05 bits per heavy atom. The second-order valence-electron chi connectivity index (χ2n) is 10.0. The summed E-state index contributed by atoms with van der Waals surface area (Å²) in [5, 5.41) is 12.2. The minimum Gasteiger partial charge on any atom is -0.457 e. The molecule has 0 aromatic carbocycles. The van der Waals surface area contributed by atoms with Crippen molar-refractivity contribution in [2.75, 3.05) is 19.8 Å². The van der Waals surface area contributed by atoms with Gasteiger partial charge in [0.2, 0.25) is 5.91 Å². The third kappa shape index (κ3) is 4.99. The predicted molar refractivity (Wildman–Crippen MR) is 153 cm³/mol. The van der Waals surface area contributed by atoms with Gasteiger partial charge in [0.05, 0.1) is 36.0 Å². The van der Waals surface area contributed by atoms with Crippen molar-refractivity contribution in [2.45, 2.75) is 43.7 Å². The van der Waals surface area contributed by atoms with Crippen LogP contribution in [-0.2, 0) is 19.1 Å². The van der Waals surface area contributed by atoms with Crippen LogP contribution in [0.3, 0.4) is 0 Å². The Morgan fingerprint density at radius 1 is 1.30 bits per heavy atom. The van der Waals surface area contributed by atoms with Crippen LogP contribution >= 0.6 is 23.1 Å². The zero-order valence-electron chi connectivity index (χ0n) is 22.3. The predicted octanol–water partition coefficient (Wildman–Crippen LogP) is 3.71. The number of thiazole rings is 1. The number of β-lactam (4-membered cyclic amide) rings is 1. The van der Waals surface area contributed by atoms with Gasteiger partial charge in [0.1, 0.15) is 30.1 Å². The average Bonchev–Trinajstić information content (AvgIpc) is 3.68. The van der Waals surface area contributed by atoms with Crippen molar-refractivity contribution < 1.29 is 29.0 Å². The number of amides is 2. The minimum atomic E-state index is -0.832. The van der Waals surface area contributed by atoms with Gasteiger partial charge in [0.25, 0.3) is 0 Å². The summed E-state index contributed by atoms with van der Waals surface area (Å²) in [6.07, 6.45) is 9.86. The van der Waals surface area contributed by atoms with E-state index >= 15 is 0 Å². The van der Waals surface area contributed by atoms with Crippen molar-refractivity contribution in [3.8, 4) is 0 Å². The number of imidazole rings is 1. The van der Waals surface area contributed by atoms with E-state index in [1.165, 1.54) is 28.8 Å². The number of rotatable bonds is 10. The summed E-state index contributed by atoms with van der Waals surface area (Å²) < 4.78 is 12.7. The van der Waals surface area contributed by atoms with E-state index < -0.39 is 24.1 Å². The number of aliphatic hydroxyl groups excluding tert-OH is 1. The number of carbonyl (C=O) groups is 3. The van der Waals surface area contributed by atoms with E-state index in [1.54, 1.807) is 35.7 Å². The first-order valence-corrected chi connectivity index (χ1v) is 14.8. The van der Waals surface area contributed by atoms with Gasteiger partial charge in [-0.1, -0.05) is 38.3 Å². The number of thioether (sulfide) groups is 1. The Hall–Kier alpha value is -3.35. The van der Waals surface area contributed by atoms with Crippen LogP contribution in [0.25, 0.3) is 10.9 Å². The fourth-order valence-corrected chi connectivity index (χ4v) is 8.00. The number of fused-ring (bicyclic) bond motifs is 2. The van der Waals surface area contributed by atoms with E-state index in [1.807, 2.05) is 28.9 Å². The Labute approximate surface area is 240 Å². The third-order valence-electron chi connectivity index (χ3n) is 7.46. The highest BCUT2D eigenvalue weighted by molar-refractivity contribution is 8.03. The Kier molecular flexibility index (Phi) is 8.20. The molecule has 0 saturated carbocycles. The molecule has 0 aliphatic carbocycles. The van der Waals surface area contributed by atoms with E-state index in [-0.39, 0.29) is 48.1 Å². The Balaban J connectivity index is 1.41. The molecule has 0 unspecified atom stereocenters. The molecule has 2 aromatic rings. The number of likely N-dealkylation sites (tertiary alicyclic amines) is 1. The molecule has 0 spiro atoms. The number of hydrogen-bond donors (Lipinski definition) is 1. The standard InChI is InChI=1S/C28H32N4O6S2/c1-5-9-37-27(35)24-25(16(3)23-22(17(4)33)26(34)32(23)24)40-20-11-18(30(13-20)28(36)38-10-6-2)7-8-19-14-39-21-12-29-15-31(19)21/h5-8,12,14-18,20,22-23,33H,1-2,9-11,13H2,3-4H3/b8-7+/t16-,17-,18-,20+,22-,23-/m1/s1. The lowest BCUT2D eigenvalue weighted by atomic mass is 9.79. The van der Waals surface area contributed by atoms with Crippen LogP contribution in [0.5, 0.6) is 0 Å². The van der Waals surface area contributed by atoms with E-state index in [4.69, 9.17) is 9.47 Å². The number of aliphatic hydroxyl groups is 1. The highest BCUT2D eigenvalue weighted by Gasteiger charge is 2.60. The summed E-state index contributed by atoms with van der Waals surface area (Å²) >= 11 is 3.08. The van der Waals surface area contributed by atoms with Gasteiger partial charge in [-0.2, -0.15) is 0 Å². The maximum absolute atomic E-state index is 13.1. The van der Waals surface area contributed by atoms with Crippen LogP contribution in [0.2, 0.25) is 0 Å². The molecule has 212 valence electrons. The summed E-state index contributed by atoms with van der Waals surface area (Å²) in [5.41, 5.74) is 1.19. The van der Waals surface area contributed by atoms with E-state index in [2.05, 4.69) is 18.1 Å². The molecule has 2 amide bonds. The Morgan fingerprint density at radius 3 is 2.77 bits per heavy atom. The molecule has 2 aromatic heterocycles. The largest absolute Gasteiger partial charge is 0.457 e. The van der Waals surface area contributed by atoms with Gasteiger partial charge in [0.15, 0.2) is 0 Å². The molecule has 12 heteroatoms. The molecule has 3 aliphatic rings. The average molecular weight is 585 g/mol. The van der Waals surface area contributed by atoms with Crippen molar-refractivity contribution in [1.29, 1.82) is 0 Å². The lowest BCUT2D eigenvalue weighted by Crippen LogP contribution is -2.63. The molecule has 5 heterocycles. The van der Waals surface area contributed by atoms with Crippen molar-refractivity contribution in [3.63, 3.8) is 0 Å². The smallest absolute Gasteiger partial charge is 0.410 e. The van der Waals surface area contributed by atoms with Gasteiger partial charge in [-0.25, -0.2) is 14.6 Å². The van der Waals surface area contributed by atoms with Gasteiger partial charge >= 0.3 is 12.1 Å². The topological polar surface area (TPSA) is 114 Å². The second kappa shape index (κ2) is 11.6. The minimum absolute atomic E-state index is 0.0210. The van der Waals surface area contributed by atoms with Crippen LogP contribution in [0, 0.1) is 11.8 Å². The lowest BCUT2D eigenvalue weighted by molar-refractivity contribution is -0.164. The molecule has 6 atom stereocenters. The van der Waals surface area contributed by atoms with Gasteiger partial charge in [0, 0.05) is 28.0 Å². The molecule has 0 radical (unpaired) electrons. The number of carbonyl (C=O) groups excluding carboxylic acids is 3. The maximum atomic E-state index is 13.1. The van der Waals surface area contributed by atoms with Gasteiger partial charge in [-0.05, 0) is 19.4 Å². The number of nitrogens with zero attached hydrogens (tertiary/aromatic N) is 4. The van der Waals surface area contributed by atoms with Crippen LogP contribution in [0.4, 0.5) is 4.79 Å². The molecule has 2 saturated heterocycles. The molecule has 1 N–H and O–H groups in total. The molecule has 0 bridgehead atoms. The van der Waals surface area contributed by atoms with Crippen LogP contribution in [0.15, 0.2) is 59.9 Å². The first kappa shape index (κ1) is 28.2. The number of esters is 1. The summed E-state index contributed by atoms with van der Waals surface area (Å²) in [4.78, 5) is 48.2. The van der Waals surface area contributed by atoms with Crippen LogP contribution in [0.1, 0.15) is 26.0 Å². The second-order valence-corrected chi connectivity index (χ2v) is 12.3. The summed E-state index contributed by atoms with van der Waals surface area (Å²) in [7, 11) is 0. The molecular formula is C28H32N4O6S2. The highest BCUT2D eigenvalue weighted by Crippen LogP contribution is 2.52. The third-order valence-corrected chi connectivity index (χ3v) is 9.86. The quantitative estimate of drug-likeness (QED) is 0.256. The normalized spacial score (nSPS) is 26.8. The van der Waals surface area contributed by atoms with Crippen LogP contribution in [-0.4, -0.2) is 85.5 Å². The first-order chi connectivity index (χ1) is 19.3. The van der Waals surface area contributed by atoms with E-state index in [0.717, 1.165) is 15.4 Å². The molecular weight excluding hydrogens is 552 g/mol. The summed E-state index contributed by atoms with van der Waals surface area (Å²) in [5.74, 6) is -1.63. The van der Waals surface area contributed by atoms with E-state index in [9.17, 15) is 19.5 Å². The zero-order valence-corrected chi connectivity index (χ0v) is 24.0. The Bertz CT molecular complexity index is 1390. The van der Waals surface area contributed by atoms with Crippen molar-refractivity contribution in [1.82, 2.24) is 19.2 Å². The monoisotopic (exact) mass is 584 g/mol. The van der Waals surface area contributed by atoms with Crippen molar-refractivity contribution in [3.05, 3.63) is 65.6 Å². The molecule has 2 fully saturated rings. The number of ether oxygens (including phenoxy) is 2. The number of aromatic nitrogens is 2. The fraction of sp³-hybridized carbons (Fsp3) is 0.429. The molecule has 10 nitrogen and oxygen atoms in total. The number of hydrogen-bond acceptors (Lipinski definition) is 9. The van der Waals surface area contributed by atoms with Gasteiger partial charge < -0.3 is 24.4 Å². The van der Waals surface area contributed by atoms with Crippen molar-refractivity contribution in [2.24, 2.45) is 11.8 Å².